The van der Waals surface area contributed by atoms with Crippen LogP contribution in [0.1, 0.15) is 38.5 Å². The van der Waals surface area contributed by atoms with Gasteiger partial charge >= 0.3 is 23.5 Å². The fourth-order valence-electron chi connectivity index (χ4n) is 4.08. The maximum absolute atomic E-state index is 11.4. The minimum Gasteiger partial charge on any atom is -0.341 e. The Labute approximate surface area is 165 Å². The lowest BCUT2D eigenvalue weighted by Gasteiger charge is -2.40. The predicted molar refractivity (Wildman–Crippen MR) is 90.9 cm³/mol. The molecule has 1 aliphatic heterocycles. The van der Waals surface area contributed by atoms with Crippen LogP contribution >= 0.6 is 23.5 Å². The molecule has 3 aliphatic rings. The Balaban J connectivity index is 1.96. The van der Waals surface area contributed by atoms with E-state index in [-0.39, 0.29) is 0 Å². The highest BCUT2D eigenvalue weighted by Gasteiger charge is 2.61. The highest BCUT2D eigenvalue weighted by molar-refractivity contribution is 7.46. The first kappa shape index (κ1) is 23.9. The van der Waals surface area contributed by atoms with Gasteiger partial charge < -0.3 is 38.8 Å². The average Bonchev–Trinajstić information content (AvgIpc) is 2.87. The molecule has 0 aromatic carbocycles. The Morgan fingerprint density at radius 1 is 0.690 bits per heavy atom. The maximum Gasteiger partial charge on any atom is 0.470 e. The third-order valence-electron chi connectivity index (χ3n) is 4.97. The standard InChI is InChI=1S/C12H23O14P3/c13-27(14,15)24-7-6-8(25-28(16,17)18)10(26-29(19,20)21)11-9(7)22-12(23-11)4-2-1-3-5-12/h7-11H,1-6H2,(H2,13,14,15)(H2,16,17,18)(H2,19,20,21)/t7-,8+,9-,10-,11-/m0/s1. The molecule has 1 saturated heterocycles. The van der Waals surface area contributed by atoms with Crippen molar-refractivity contribution >= 4 is 23.5 Å². The first-order valence-electron chi connectivity index (χ1n) is 8.74. The van der Waals surface area contributed by atoms with Crippen LogP contribution in [-0.2, 0) is 36.7 Å². The molecule has 1 heterocycles. The molecule has 5 atom stereocenters. The van der Waals surface area contributed by atoms with E-state index in [1.165, 1.54) is 0 Å². The smallest absolute Gasteiger partial charge is 0.341 e. The molecule has 0 bridgehead atoms. The van der Waals surface area contributed by atoms with Gasteiger partial charge in [-0.05, 0) is 12.8 Å². The first-order chi connectivity index (χ1) is 13.2. The fraction of sp³-hybridized carbons (Fsp3) is 1.00. The zero-order valence-corrected chi connectivity index (χ0v) is 17.6. The molecule has 170 valence electrons. The van der Waals surface area contributed by atoms with Gasteiger partial charge in [0, 0.05) is 19.3 Å². The van der Waals surface area contributed by atoms with Gasteiger partial charge in [0.25, 0.3) is 0 Å². The zero-order chi connectivity index (χ0) is 21.7. The summed E-state index contributed by atoms with van der Waals surface area (Å²) in [7, 11) is -15.4. The van der Waals surface area contributed by atoms with E-state index in [1.54, 1.807) is 0 Å². The van der Waals surface area contributed by atoms with Crippen molar-refractivity contribution in [2.75, 3.05) is 0 Å². The van der Waals surface area contributed by atoms with E-state index in [9.17, 15) is 33.3 Å². The van der Waals surface area contributed by atoms with Crippen LogP contribution in [-0.4, -0.2) is 65.7 Å². The van der Waals surface area contributed by atoms with Crippen molar-refractivity contribution in [1.29, 1.82) is 0 Å². The van der Waals surface area contributed by atoms with Crippen molar-refractivity contribution in [2.24, 2.45) is 0 Å². The van der Waals surface area contributed by atoms with Gasteiger partial charge in [-0.3, -0.25) is 13.6 Å². The van der Waals surface area contributed by atoms with Crippen molar-refractivity contribution in [1.82, 2.24) is 0 Å². The molecule has 14 nitrogen and oxygen atoms in total. The molecule has 0 radical (unpaired) electrons. The third kappa shape index (κ3) is 6.38. The summed E-state index contributed by atoms with van der Waals surface area (Å²) in [6, 6.07) is 0. The minimum atomic E-state index is -5.17. The van der Waals surface area contributed by atoms with Crippen LogP contribution in [0.2, 0.25) is 0 Å². The number of hydrogen-bond acceptors (Lipinski definition) is 8. The number of ether oxygens (including phenoxy) is 2. The van der Waals surface area contributed by atoms with Crippen LogP contribution in [0.4, 0.5) is 0 Å². The summed E-state index contributed by atoms with van der Waals surface area (Å²) in [5, 5.41) is 0. The van der Waals surface area contributed by atoms with Crippen molar-refractivity contribution in [3.05, 3.63) is 0 Å². The molecule has 0 unspecified atom stereocenters. The molecule has 3 rings (SSSR count). The van der Waals surface area contributed by atoms with E-state index in [1.807, 2.05) is 0 Å². The van der Waals surface area contributed by atoms with E-state index in [4.69, 9.17) is 28.3 Å². The summed E-state index contributed by atoms with van der Waals surface area (Å²) in [5.41, 5.74) is 0. The van der Waals surface area contributed by atoms with Gasteiger partial charge in [-0.1, -0.05) is 6.42 Å². The summed E-state index contributed by atoms with van der Waals surface area (Å²) in [6.07, 6.45) is -4.82. The van der Waals surface area contributed by atoms with Crippen molar-refractivity contribution in [2.45, 2.75) is 74.8 Å². The second-order valence-electron chi connectivity index (χ2n) is 7.20. The number of phosphoric ester groups is 3. The zero-order valence-electron chi connectivity index (χ0n) is 14.9. The van der Waals surface area contributed by atoms with E-state index in [2.05, 4.69) is 4.52 Å². The number of fused-ring (bicyclic) bond motifs is 1. The Kier molecular flexibility index (Phi) is 6.85. The molecule has 0 aromatic rings. The normalized spacial score (nSPS) is 35.6. The van der Waals surface area contributed by atoms with Crippen LogP contribution in [0, 0.1) is 0 Å². The van der Waals surface area contributed by atoms with Gasteiger partial charge in [-0.15, -0.1) is 0 Å². The second kappa shape index (κ2) is 8.31. The topological polar surface area (TPSA) is 219 Å². The van der Waals surface area contributed by atoms with Gasteiger partial charge in [0.05, 0.1) is 0 Å². The molecule has 2 saturated carbocycles. The summed E-state index contributed by atoms with van der Waals surface area (Å²) in [4.78, 5) is 55.2. The number of hydrogen-bond donors (Lipinski definition) is 6. The molecule has 0 amide bonds. The van der Waals surface area contributed by atoms with Crippen LogP contribution < -0.4 is 0 Å². The molecule has 29 heavy (non-hydrogen) atoms. The molecule has 1 spiro atoms. The lowest BCUT2D eigenvalue weighted by Crippen LogP contribution is -2.56. The van der Waals surface area contributed by atoms with Crippen molar-refractivity contribution in [3.8, 4) is 0 Å². The molecule has 0 aromatic heterocycles. The van der Waals surface area contributed by atoms with Crippen LogP contribution in [0.25, 0.3) is 0 Å². The quantitative estimate of drug-likeness (QED) is 0.279. The summed E-state index contributed by atoms with van der Waals surface area (Å²) >= 11 is 0. The van der Waals surface area contributed by atoms with Gasteiger partial charge in [0.15, 0.2) is 5.79 Å². The number of phosphoric acid groups is 3. The van der Waals surface area contributed by atoms with E-state index >= 15 is 0 Å². The summed E-state index contributed by atoms with van der Waals surface area (Å²) in [5.74, 6) is -1.18. The summed E-state index contributed by atoms with van der Waals surface area (Å²) < 4.78 is 60.0. The highest BCUT2D eigenvalue weighted by Crippen LogP contribution is 2.54. The van der Waals surface area contributed by atoms with Gasteiger partial charge in [0.1, 0.15) is 30.5 Å². The van der Waals surface area contributed by atoms with E-state index < -0.39 is 66.2 Å². The minimum absolute atomic E-state index is 0.412. The van der Waals surface area contributed by atoms with Crippen LogP contribution in [0.5, 0.6) is 0 Å². The lowest BCUT2D eigenvalue weighted by molar-refractivity contribution is -0.202. The molecular formula is C12H23O14P3. The Morgan fingerprint density at radius 3 is 1.69 bits per heavy atom. The second-order valence-corrected chi connectivity index (χ2v) is 10.8. The average molecular weight is 484 g/mol. The molecular weight excluding hydrogens is 461 g/mol. The van der Waals surface area contributed by atoms with E-state index in [0.29, 0.717) is 12.8 Å². The molecule has 6 N–H and O–H groups in total. The first-order valence-corrected chi connectivity index (χ1v) is 13.3. The Bertz CT molecular complexity index is 734. The molecule has 2 aliphatic carbocycles. The molecule has 3 fully saturated rings. The number of rotatable bonds is 6. The maximum atomic E-state index is 11.4. The van der Waals surface area contributed by atoms with Gasteiger partial charge in [-0.2, -0.15) is 0 Å². The van der Waals surface area contributed by atoms with Gasteiger partial charge in [0.2, 0.25) is 0 Å². The Hall–Kier alpha value is 0.250. The SMILES string of the molecule is O=P(O)(O)O[C@@H]1[C@H]2OC3(CCCCC3)O[C@H]2[C@@H](OP(=O)(O)O)C[C@H]1OP(=O)(O)O. The largest absolute Gasteiger partial charge is 0.470 e. The van der Waals surface area contributed by atoms with Crippen LogP contribution in [0.3, 0.4) is 0 Å². The fourth-order valence-corrected chi connectivity index (χ4v) is 5.77. The predicted octanol–water partition coefficient (Wildman–Crippen LogP) is 0.268. The van der Waals surface area contributed by atoms with Crippen LogP contribution in [0.15, 0.2) is 0 Å². The third-order valence-corrected chi connectivity index (χ3v) is 6.58. The lowest BCUT2D eigenvalue weighted by atomic mass is 9.87. The Morgan fingerprint density at radius 2 is 1.17 bits per heavy atom. The monoisotopic (exact) mass is 484 g/mol. The van der Waals surface area contributed by atoms with E-state index in [0.717, 1.165) is 19.3 Å². The molecule has 17 heteroatoms. The highest BCUT2D eigenvalue weighted by atomic mass is 31.2. The summed E-state index contributed by atoms with van der Waals surface area (Å²) in [6.45, 7) is 0. The van der Waals surface area contributed by atoms with Crippen molar-refractivity contribution < 1.29 is 66.1 Å². The van der Waals surface area contributed by atoms with Gasteiger partial charge in [-0.25, -0.2) is 13.7 Å². The van der Waals surface area contributed by atoms with Crippen molar-refractivity contribution in [3.63, 3.8) is 0 Å².